The van der Waals surface area contributed by atoms with Crippen molar-refractivity contribution in [3.05, 3.63) is 42.1 Å². The molecule has 9 heteroatoms. The zero-order valence-corrected chi connectivity index (χ0v) is 13.6. The van der Waals surface area contributed by atoms with E-state index in [-0.39, 0.29) is 23.8 Å². The van der Waals surface area contributed by atoms with Gasteiger partial charge in [0.05, 0.1) is 5.56 Å². The number of carboxylic acids is 1. The standard InChI is InChI=1S/C15H16N4O4S/c1-8(2)18-19-15-17-13(21)11(24-15)7-12(20)16-10-5-3-9(4-6-10)14(22)23/h3-6,11,18H,1,7H2,2H3,(H,16,20)(H,22,23)(H,17,19,21)/t11-/m1/s1. The van der Waals surface area contributed by atoms with E-state index in [1.807, 2.05) is 0 Å². The maximum Gasteiger partial charge on any atom is 0.335 e. The number of anilines is 1. The maximum atomic E-state index is 12.0. The van der Waals surface area contributed by atoms with Gasteiger partial charge in [0.1, 0.15) is 5.25 Å². The van der Waals surface area contributed by atoms with Gasteiger partial charge < -0.3 is 15.7 Å². The van der Waals surface area contributed by atoms with E-state index in [9.17, 15) is 14.4 Å². The van der Waals surface area contributed by atoms with Crippen LogP contribution < -0.4 is 16.1 Å². The second-order valence-electron chi connectivity index (χ2n) is 5.04. The number of rotatable bonds is 6. The van der Waals surface area contributed by atoms with Gasteiger partial charge in [0.25, 0.3) is 0 Å². The molecule has 1 aromatic rings. The molecule has 1 heterocycles. The summed E-state index contributed by atoms with van der Waals surface area (Å²) in [6.07, 6.45) is -0.0245. The third-order valence-corrected chi connectivity index (χ3v) is 3.99. The number of hydrogen-bond donors (Lipinski definition) is 4. The van der Waals surface area contributed by atoms with Gasteiger partial charge in [-0.3, -0.25) is 15.0 Å². The largest absolute Gasteiger partial charge is 0.478 e. The number of amides is 2. The van der Waals surface area contributed by atoms with E-state index in [4.69, 9.17) is 5.11 Å². The highest BCUT2D eigenvalue weighted by Gasteiger charge is 2.32. The number of carbonyl (C=O) groups excluding carboxylic acids is 2. The van der Waals surface area contributed by atoms with Crippen molar-refractivity contribution >= 4 is 40.4 Å². The summed E-state index contributed by atoms with van der Waals surface area (Å²) >= 11 is 1.15. The number of benzene rings is 1. The average molecular weight is 348 g/mol. The molecule has 126 valence electrons. The van der Waals surface area contributed by atoms with Crippen LogP contribution in [0.3, 0.4) is 0 Å². The molecule has 24 heavy (non-hydrogen) atoms. The molecule has 0 radical (unpaired) electrons. The molecular weight excluding hydrogens is 332 g/mol. The minimum atomic E-state index is -1.04. The molecule has 1 atom stereocenters. The number of hydrogen-bond acceptors (Lipinski definition) is 6. The second kappa shape index (κ2) is 7.64. The minimum Gasteiger partial charge on any atom is -0.478 e. The first-order valence-corrected chi connectivity index (χ1v) is 7.83. The summed E-state index contributed by atoms with van der Waals surface area (Å²) in [6.45, 7) is 5.35. The van der Waals surface area contributed by atoms with E-state index < -0.39 is 11.2 Å². The monoisotopic (exact) mass is 348 g/mol. The number of thioether (sulfide) groups is 1. The van der Waals surface area contributed by atoms with Crippen molar-refractivity contribution in [2.75, 3.05) is 5.32 Å². The van der Waals surface area contributed by atoms with Crippen LogP contribution in [0.25, 0.3) is 0 Å². The van der Waals surface area contributed by atoms with Crippen molar-refractivity contribution in [2.45, 2.75) is 18.6 Å². The lowest BCUT2D eigenvalue weighted by atomic mass is 10.2. The number of hydrazone groups is 1. The van der Waals surface area contributed by atoms with Crippen molar-refractivity contribution in [3.63, 3.8) is 0 Å². The first-order valence-electron chi connectivity index (χ1n) is 6.95. The maximum absolute atomic E-state index is 12.0. The molecule has 0 aliphatic carbocycles. The van der Waals surface area contributed by atoms with Gasteiger partial charge in [-0.25, -0.2) is 4.79 Å². The van der Waals surface area contributed by atoms with Crippen LogP contribution in [-0.4, -0.2) is 33.3 Å². The number of aromatic carboxylic acids is 1. The summed E-state index contributed by atoms with van der Waals surface area (Å²) < 4.78 is 0. The first-order chi connectivity index (χ1) is 11.3. The second-order valence-corrected chi connectivity index (χ2v) is 6.23. The number of carbonyl (C=O) groups is 3. The van der Waals surface area contributed by atoms with Crippen LogP contribution >= 0.6 is 11.8 Å². The number of amidine groups is 1. The zero-order chi connectivity index (χ0) is 17.7. The number of allylic oxidation sites excluding steroid dienone is 1. The van der Waals surface area contributed by atoms with Gasteiger partial charge in [-0.1, -0.05) is 18.3 Å². The van der Waals surface area contributed by atoms with E-state index in [1.165, 1.54) is 24.3 Å². The molecule has 1 aromatic carbocycles. The van der Waals surface area contributed by atoms with Crippen molar-refractivity contribution < 1.29 is 19.5 Å². The highest BCUT2D eigenvalue weighted by atomic mass is 32.2. The van der Waals surface area contributed by atoms with E-state index in [0.717, 1.165) is 11.8 Å². The highest BCUT2D eigenvalue weighted by molar-refractivity contribution is 8.15. The van der Waals surface area contributed by atoms with Crippen LogP contribution in [0.2, 0.25) is 0 Å². The zero-order valence-electron chi connectivity index (χ0n) is 12.8. The van der Waals surface area contributed by atoms with Gasteiger partial charge in [0.2, 0.25) is 11.8 Å². The predicted molar refractivity (Wildman–Crippen MR) is 91.6 cm³/mol. The van der Waals surface area contributed by atoms with Gasteiger partial charge in [0, 0.05) is 17.8 Å². The predicted octanol–water partition coefficient (Wildman–Crippen LogP) is 1.34. The molecule has 0 unspecified atom stereocenters. The molecule has 1 saturated heterocycles. The fourth-order valence-corrected chi connectivity index (χ4v) is 2.74. The number of carboxylic acid groups (broad SMARTS) is 1. The highest BCUT2D eigenvalue weighted by Crippen LogP contribution is 2.22. The van der Waals surface area contributed by atoms with Crippen LogP contribution in [0, 0.1) is 0 Å². The SMILES string of the molecule is C=C(C)N/N=C1\NC(=O)[C@@H](CC(=O)Nc2ccc(C(=O)O)cc2)S1. The molecule has 2 rings (SSSR count). The lowest BCUT2D eigenvalue weighted by Crippen LogP contribution is -2.28. The summed E-state index contributed by atoms with van der Waals surface area (Å²) in [4.78, 5) is 34.6. The Hall–Kier alpha value is -2.81. The van der Waals surface area contributed by atoms with Crippen molar-refractivity contribution in [1.82, 2.24) is 10.7 Å². The number of nitrogens with one attached hydrogen (secondary N) is 3. The summed E-state index contributed by atoms with van der Waals surface area (Å²) in [7, 11) is 0. The minimum absolute atomic E-state index is 0.0245. The molecule has 8 nitrogen and oxygen atoms in total. The van der Waals surface area contributed by atoms with Crippen molar-refractivity contribution in [3.8, 4) is 0 Å². The Labute approximate surface area is 142 Å². The molecule has 0 spiro atoms. The molecule has 1 aliphatic rings. The van der Waals surface area contributed by atoms with Gasteiger partial charge in [0.15, 0.2) is 5.17 Å². The van der Waals surface area contributed by atoms with E-state index in [0.29, 0.717) is 16.6 Å². The molecule has 1 fully saturated rings. The Morgan fingerprint density at radius 2 is 2.04 bits per heavy atom. The lowest BCUT2D eigenvalue weighted by Gasteiger charge is -2.07. The van der Waals surface area contributed by atoms with Gasteiger partial charge in [-0.15, -0.1) is 0 Å². The summed E-state index contributed by atoms with van der Waals surface area (Å²) in [5.74, 6) is -1.68. The summed E-state index contributed by atoms with van der Waals surface area (Å²) in [6, 6.07) is 5.77. The quantitative estimate of drug-likeness (QED) is 0.576. The third-order valence-electron chi connectivity index (χ3n) is 2.91. The molecule has 0 bridgehead atoms. The van der Waals surface area contributed by atoms with E-state index in [1.54, 1.807) is 6.92 Å². The fraction of sp³-hybridized carbons (Fsp3) is 0.200. The van der Waals surface area contributed by atoms with Gasteiger partial charge >= 0.3 is 5.97 Å². The first kappa shape index (κ1) is 17.5. The lowest BCUT2D eigenvalue weighted by molar-refractivity contribution is -0.122. The van der Waals surface area contributed by atoms with Crippen LogP contribution in [0.1, 0.15) is 23.7 Å². The Balaban J connectivity index is 1.90. The van der Waals surface area contributed by atoms with Crippen LogP contribution in [0.5, 0.6) is 0 Å². The van der Waals surface area contributed by atoms with Gasteiger partial charge in [-0.05, 0) is 31.2 Å². The fourth-order valence-electron chi connectivity index (χ4n) is 1.82. The molecule has 2 amide bonds. The molecule has 0 aromatic heterocycles. The smallest absolute Gasteiger partial charge is 0.335 e. The van der Waals surface area contributed by atoms with E-state index >= 15 is 0 Å². The molecular formula is C15H16N4O4S. The average Bonchev–Trinajstić information content (AvgIpc) is 2.85. The Morgan fingerprint density at radius 1 is 1.38 bits per heavy atom. The number of nitrogens with zero attached hydrogens (tertiary/aromatic N) is 1. The summed E-state index contributed by atoms with van der Waals surface area (Å²) in [5.41, 5.74) is 3.87. The van der Waals surface area contributed by atoms with Crippen LogP contribution in [0.15, 0.2) is 41.6 Å². The van der Waals surface area contributed by atoms with Crippen molar-refractivity contribution in [2.24, 2.45) is 5.10 Å². The summed E-state index contributed by atoms with van der Waals surface area (Å²) in [5, 5.41) is 17.8. The molecule has 0 saturated carbocycles. The molecule has 1 aliphatic heterocycles. The van der Waals surface area contributed by atoms with Crippen molar-refractivity contribution in [1.29, 1.82) is 0 Å². The molecule has 4 N–H and O–H groups in total. The Bertz CT molecular complexity index is 715. The van der Waals surface area contributed by atoms with E-state index in [2.05, 4.69) is 27.7 Å². The topological polar surface area (TPSA) is 120 Å². The Morgan fingerprint density at radius 3 is 2.62 bits per heavy atom. The Kier molecular flexibility index (Phi) is 5.59. The van der Waals surface area contributed by atoms with Crippen LogP contribution in [-0.2, 0) is 9.59 Å². The third kappa shape index (κ3) is 4.85. The van der Waals surface area contributed by atoms with Crippen LogP contribution in [0.4, 0.5) is 5.69 Å². The normalized spacial score (nSPS) is 18.1. The van der Waals surface area contributed by atoms with Gasteiger partial charge in [-0.2, -0.15) is 5.10 Å².